The molecule has 4 nitrogen and oxygen atoms in total. The molecule has 15 heavy (non-hydrogen) atoms. The van der Waals surface area contributed by atoms with E-state index in [1.165, 1.54) is 0 Å². The van der Waals surface area contributed by atoms with Gasteiger partial charge in [-0.2, -0.15) is 0 Å². The van der Waals surface area contributed by atoms with E-state index in [1.807, 2.05) is 20.8 Å². The molecule has 0 aromatic rings. The molecule has 0 aliphatic carbocycles. The van der Waals surface area contributed by atoms with Gasteiger partial charge < -0.3 is 16.0 Å². The van der Waals surface area contributed by atoms with E-state index in [1.54, 1.807) is 4.90 Å². The van der Waals surface area contributed by atoms with Gasteiger partial charge in [0.2, 0.25) is 0 Å². The Balaban J connectivity index is 4.16. The van der Waals surface area contributed by atoms with Gasteiger partial charge in [0, 0.05) is 25.6 Å². The van der Waals surface area contributed by atoms with Crippen LogP contribution in [0.15, 0.2) is 0 Å². The summed E-state index contributed by atoms with van der Waals surface area (Å²) in [6.45, 7) is 7.35. The molecule has 5 heteroatoms. The smallest absolute Gasteiger partial charge is 0.317 e. The fraction of sp³-hybridized carbons (Fsp3) is 0.800. The van der Waals surface area contributed by atoms with Crippen molar-refractivity contribution >= 4 is 23.2 Å². The summed E-state index contributed by atoms with van der Waals surface area (Å²) in [5.41, 5.74) is 5.45. The summed E-state index contributed by atoms with van der Waals surface area (Å²) in [6.07, 6.45) is 1.41. The van der Waals surface area contributed by atoms with Crippen molar-refractivity contribution in [3.8, 4) is 0 Å². The molecule has 0 aliphatic heterocycles. The fourth-order valence-corrected chi connectivity index (χ4v) is 1.52. The third-order valence-electron chi connectivity index (χ3n) is 2.32. The molecule has 1 unspecified atom stereocenters. The molecular weight excluding hydrogens is 210 g/mol. The molecule has 0 radical (unpaired) electrons. The zero-order valence-electron chi connectivity index (χ0n) is 9.75. The summed E-state index contributed by atoms with van der Waals surface area (Å²) < 4.78 is 0. The van der Waals surface area contributed by atoms with Crippen molar-refractivity contribution in [2.75, 3.05) is 13.1 Å². The molecule has 1 atom stereocenters. The lowest BCUT2D eigenvalue weighted by Gasteiger charge is -2.23. The largest absolute Gasteiger partial charge is 0.393 e. The second-order valence-corrected chi connectivity index (χ2v) is 3.92. The van der Waals surface area contributed by atoms with E-state index in [4.69, 9.17) is 18.0 Å². The van der Waals surface area contributed by atoms with Crippen molar-refractivity contribution in [1.82, 2.24) is 10.2 Å². The maximum atomic E-state index is 11.7. The molecule has 0 rings (SSSR count). The molecular formula is C10H21N3OS. The first-order valence-electron chi connectivity index (χ1n) is 5.38. The third kappa shape index (κ3) is 5.57. The Bertz CT molecular complexity index is 217. The molecule has 0 spiro atoms. The normalized spacial score (nSPS) is 11.9. The van der Waals surface area contributed by atoms with Crippen molar-refractivity contribution in [3.05, 3.63) is 0 Å². The van der Waals surface area contributed by atoms with Crippen molar-refractivity contribution < 1.29 is 4.79 Å². The lowest BCUT2D eigenvalue weighted by Crippen LogP contribution is -2.45. The Morgan fingerprint density at radius 1 is 1.40 bits per heavy atom. The van der Waals surface area contributed by atoms with Gasteiger partial charge in [0.15, 0.2) is 0 Å². The van der Waals surface area contributed by atoms with Gasteiger partial charge in [0.25, 0.3) is 0 Å². The maximum Gasteiger partial charge on any atom is 0.317 e. The first-order valence-corrected chi connectivity index (χ1v) is 5.79. The summed E-state index contributed by atoms with van der Waals surface area (Å²) >= 11 is 4.83. The Labute approximate surface area is 97.2 Å². The Hall–Kier alpha value is -0.840. The van der Waals surface area contributed by atoms with Crippen LogP contribution in [-0.4, -0.2) is 35.1 Å². The van der Waals surface area contributed by atoms with Crippen LogP contribution >= 0.6 is 12.2 Å². The molecule has 0 aromatic carbocycles. The Morgan fingerprint density at radius 2 is 1.93 bits per heavy atom. The number of amides is 2. The zero-order valence-corrected chi connectivity index (χ0v) is 10.6. The Morgan fingerprint density at radius 3 is 2.27 bits per heavy atom. The standard InChI is InChI=1S/C10H21N3OS/c1-4-8(7-9(11)15)12-10(14)13(5-2)6-3/h8H,4-7H2,1-3H3,(H2,11,15)(H,12,14). The summed E-state index contributed by atoms with van der Waals surface area (Å²) in [4.78, 5) is 13.9. The number of hydrogen-bond donors (Lipinski definition) is 2. The molecule has 2 amide bonds. The second kappa shape index (κ2) is 7.45. The molecule has 0 fully saturated rings. The Kier molecular flexibility index (Phi) is 7.03. The molecule has 0 saturated heterocycles. The number of urea groups is 1. The van der Waals surface area contributed by atoms with E-state index in [0.29, 0.717) is 24.5 Å². The lowest BCUT2D eigenvalue weighted by molar-refractivity contribution is 0.199. The maximum absolute atomic E-state index is 11.7. The SMILES string of the molecule is CCC(CC(N)=S)NC(=O)N(CC)CC. The van der Waals surface area contributed by atoms with E-state index in [-0.39, 0.29) is 12.1 Å². The highest BCUT2D eigenvalue weighted by Gasteiger charge is 2.14. The fourth-order valence-electron chi connectivity index (χ4n) is 1.32. The van der Waals surface area contributed by atoms with Crippen molar-refractivity contribution in [1.29, 1.82) is 0 Å². The minimum absolute atomic E-state index is 0.0388. The van der Waals surface area contributed by atoms with Gasteiger partial charge in [-0.05, 0) is 20.3 Å². The molecule has 0 saturated carbocycles. The highest BCUT2D eigenvalue weighted by atomic mass is 32.1. The summed E-state index contributed by atoms with van der Waals surface area (Å²) in [5, 5.41) is 2.92. The van der Waals surface area contributed by atoms with E-state index in [0.717, 1.165) is 6.42 Å². The summed E-state index contributed by atoms with van der Waals surface area (Å²) in [5.74, 6) is 0. The molecule has 88 valence electrons. The quantitative estimate of drug-likeness (QED) is 0.681. The van der Waals surface area contributed by atoms with Gasteiger partial charge in [-0.25, -0.2) is 4.79 Å². The summed E-state index contributed by atoms with van der Waals surface area (Å²) in [6, 6.07) is 0.0127. The molecule has 3 N–H and O–H groups in total. The van der Waals surface area contributed by atoms with Gasteiger partial charge >= 0.3 is 6.03 Å². The predicted octanol–water partition coefficient (Wildman–Crippen LogP) is 1.49. The number of nitrogens with zero attached hydrogens (tertiary/aromatic N) is 1. The third-order valence-corrected chi connectivity index (χ3v) is 2.49. The van der Waals surface area contributed by atoms with Crippen LogP contribution in [0.2, 0.25) is 0 Å². The van der Waals surface area contributed by atoms with Crippen LogP contribution in [0.5, 0.6) is 0 Å². The molecule has 0 heterocycles. The van der Waals surface area contributed by atoms with Crippen LogP contribution in [0.25, 0.3) is 0 Å². The van der Waals surface area contributed by atoms with Crippen LogP contribution in [0.3, 0.4) is 0 Å². The van der Waals surface area contributed by atoms with E-state index in [2.05, 4.69) is 5.32 Å². The number of nitrogens with two attached hydrogens (primary N) is 1. The number of carbonyl (C=O) groups is 1. The average Bonchev–Trinajstić information content (AvgIpc) is 2.17. The predicted molar refractivity (Wildman–Crippen MR) is 66.9 cm³/mol. The highest BCUT2D eigenvalue weighted by Crippen LogP contribution is 1.99. The van der Waals surface area contributed by atoms with Gasteiger partial charge in [-0.15, -0.1) is 0 Å². The minimum atomic E-state index is -0.0388. The number of hydrogen-bond acceptors (Lipinski definition) is 2. The second-order valence-electron chi connectivity index (χ2n) is 3.40. The van der Waals surface area contributed by atoms with Crippen LogP contribution in [0, 0.1) is 0 Å². The average molecular weight is 231 g/mol. The van der Waals surface area contributed by atoms with E-state index in [9.17, 15) is 4.79 Å². The van der Waals surface area contributed by atoms with Crippen LogP contribution in [0.4, 0.5) is 4.79 Å². The van der Waals surface area contributed by atoms with Gasteiger partial charge in [-0.1, -0.05) is 19.1 Å². The first kappa shape index (κ1) is 14.2. The minimum Gasteiger partial charge on any atom is -0.393 e. The molecule has 0 aliphatic rings. The monoisotopic (exact) mass is 231 g/mol. The molecule has 0 bridgehead atoms. The lowest BCUT2D eigenvalue weighted by atomic mass is 10.1. The van der Waals surface area contributed by atoms with Crippen molar-refractivity contribution in [2.45, 2.75) is 39.7 Å². The molecule has 0 aromatic heterocycles. The van der Waals surface area contributed by atoms with Crippen molar-refractivity contribution in [3.63, 3.8) is 0 Å². The van der Waals surface area contributed by atoms with E-state index < -0.39 is 0 Å². The number of carbonyl (C=O) groups excluding carboxylic acids is 1. The van der Waals surface area contributed by atoms with Gasteiger partial charge in [0.1, 0.15) is 0 Å². The zero-order chi connectivity index (χ0) is 11.8. The number of rotatable bonds is 6. The van der Waals surface area contributed by atoms with Gasteiger partial charge in [-0.3, -0.25) is 0 Å². The highest BCUT2D eigenvalue weighted by molar-refractivity contribution is 7.80. The van der Waals surface area contributed by atoms with Crippen LogP contribution in [0.1, 0.15) is 33.6 Å². The van der Waals surface area contributed by atoms with Gasteiger partial charge in [0.05, 0.1) is 4.99 Å². The van der Waals surface area contributed by atoms with Crippen molar-refractivity contribution in [2.24, 2.45) is 5.73 Å². The number of thiocarbonyl (C=S) groups is 1. The summed E-state index contributed by atoms with van der Waals surface area (Å²) in [7, 11) is 0. The topological polar surface area (TPSA) is 58.4 Å². The first-order chi connectivity index (χ1) is 7.04. The van der Waals surface area contributed by atoms with Crippen LogP contribution < -0.4 is 11.1 Å². The van der Waals surface area contributed by atoms with E-state index >= 15 is 0 Å². The number of nitrogens with one attached hydrogen (secondary N) is 1. The van der Waals surface area contributed by atoms with Crippen LogP contribution in [-0.2, 0) is 0 Å².